The van der Waals surface area contributed by atoms with Crippen LogP contribution in [0.15, 0.2) is 24.4 Å². The van der Waals surface area contributed by atoms with Crippen molar-refractivity contribution in [2.24, 2.45) is 0 Å². The molecule has 2 rings (SSSR count). The van der Waals surface area contributed by atoms with Gasteiger partial charge in [0, 0.05) is 31.4 Å². The summed E-state index contributed by atoms with van der Waals surface area (Å²) in [7, 11) is 0. The van der Waals surface area contributed by atoms with Crippen LogP contribution in [0, 0.1) is 0 Å². The van der Waals surface area contributed by atoms with Crippen LogP contribution in [-0.4, -0.2) is 65.3 Å². The molecule has 0 saturated heterocycles. The van der Waals surface area contributed by atoms with Crippen LogP contribution >= 0.6 is 0 Å². The first-order valence-electron chi connectivity index (χ1n) is 8.73. The number of nitrogens with one attached hydrogen (secondary N) is 3. The highest BCUT2D eigenvalue weighted by Gasteiger charge is 2.34. The number of rotatable bonds is 10. The lowest BCUT2D eigenvalue weighted by Crippen LogP contribution is -2.56. The van der Waals surface area contributed by atoms with E-state index in [4.69, 9.17) is 5.11 Å². The van der Waals surface area contributed by atoms with Gasteiger partial charge in [0.2, 0.25) is 0 Å². The van der Waals surface area contributed by atoms with Gasteiger partial charge in [0.25, 0.3) is 0 Å². The lowest BCUT2D eigenvalue weighted by Gasteiger charge is -2.42. The summed E-state index contributed by atoms with van der Waals surface area (Å²) in [6.07, 6.45) is 4.14. The zero-order valence-corrected chi connectivity index (χ0v) is 14.6. The maximum absolute atomic E-state index is 11.8. The Morgan fingerprint density at radius 3 is 2.76 bits per heavy atom. The number of carboxylic acid groups (broad SMARTS) is 1. The van der Waals surface area contributed by atoms with Crippen molar-refractivity contribution in [1.29, 1.82) is 0 Å². The predicted molar refractivity (Wildman–Crippen MR) is 95.6 cm³/mol. The third-order valence-corrected chi connectivity index (χ3v) is 4.32. The molecule has 1 aromatic rings. The molecule has 1 fully saturated rings. The van der Waals surface area contributed by atoms with Gasteiger partial charge in [0.15, 0.2) is 0 Å². The first kappa shape index (κ1) is 19.0. The number of hydrogen-bond donors (Lipinski definition) is 4. The molecule has 4 N–H and O–H groups in total. The van der Waals surface area contributed by atoms with Crippen LogP contribution in [-0.2, 0) is 4.79 Å². The topological polar surface area (TPSA) is 107 Å². The summed E-state index contributed by atoms with van der Waals surface area (Å²) in [5.41, 5.74) is 0. The van der Waals surface area contributed by atoms with Crippen LogP contribution in [0.5, 0.6) is 0 Å². The number of carbonyl (C=O) groups excluding carboxylic acids is 1. The standard InChI is InChI=1S/C17H27N5O3/c1-2-22(12-16(23)24)14-10-13(11-14)21-17(25)20-9-5-8-19-15-6-3-4-7-18-15/h3-4,6-7,13-14H,2,5,8-12H2,1H3,(H,18,19)(H,23,24)(H2,20,21,25). The molecule has 1 saturated carbocycles. The van der Waals surface area contributed by atoms with Crippen molar-refractivity contribution < 1.29 is 14.7 Å². The number of carbonyl (C=O) groups is 2. The Bertz CT molecular complexity index is 548. The average Bonchev–Trinajstić information content (AvgIpc) is 2.56. The second-order valence-electron chi connectivity index (χ2n) is 6.17. The van der Waals surface area contributed by atoms with Crippen molar-refractivity contribution in [1.82, 2.24) is 20.5 Å². The van der Waals surface area contributed by atoms with Gasteiger partial charge in [-0.15, -0.1) is 0 Å². The largest absolute Gasteiger partial charge is 0.480 e. The molecule has 138 valence electrons. The molecule has 2 amide bonds. The van der Waals surface area contributed by atoms with Gasteiger partial charge in [-0.3, -0.25) is 9.69 Å². The monoisotopic (exact) mass is 349 g/mol. The van der Waals surface area contributed by atoms with Gasteiger partial charge in [-0.05, 0) is 37.9 Å². The van der Waals surface area contributed by atoms with Crippen LogP contribution in [0.1, 0.15) is 26.2 Å². The molecule has 0 radical (unpaired) electrons. The number of carboxylic acids is 1. The molecule has 8 nitrogen and oxygen atoms in total. The van der Waals surface area contributed by atoms with E-state index in [1.807, 2.05) is 30.0 Å². The molecule has 0 atom stereocenters. The second kappa shape index (κ2) is 9.83. The number of aliphatic carboxylic acids is 1. The van der Waals surface area contributed by atoms with E-state index in [1.165, 1.54) is 0 Å². The van der Waals surface area contributed by atoms with E-state index in [0.29, 0.717) is 13.1 Å². The SMILES string of the molecule is CCN(CC(=O)O)C1CC(NC(=O)NCCCNc2ccccn2)C1. The smallest absolute Gasteiger partial charge is 0.317 e. The van der Waals surface area contributed by atoms with Crippen molar-refractivity contribution in [3.63, 3.8) is 0 Å². The van der Waals surface area contributed by atoms with Gasteiger partial charge >= 0.3 is 12.0 Å². The second-order valence-corrected chi connectivity index (χ2v) is 6.17. The van der Waals surface area contributed by atoms with Gasteiger partial charge < -0.3 is 21.1 Å². The minimum absolute atomic E-state index is 0.0589. The summed E-state index contributed by atoms with van der Waals surface area (Å²) in [4.78, 5) is 28.7. The first-order valence-corrected chi connectivity index (χ1v) is 8.73. The van der Waals surface area contributed by atoms with Crippen LogP contribution in [0.3, 0.4) is 0 Å². The lowest BCUT2D eigenvalue weighted by atomic mass is 9.85. The number of anilines is 1. The summed E-state index contributed by atoms with van der Waals surface area (Å²) < 4.78 is 0. The molecule has 0 spiro atoms. The third-order valence-electron chi connectivity index (χ3n) is 4.32. The summed E-state index contributed by atoms with van der Waals surface area (Å²) in [6.45, 7) is 4.04. The van der Waals surface area contributed by atoms with Crippen LogP contribution in [0.25, 0.3) is 0 Å². The Morgan fingerprint density at radius 1 is 1.32 bits per heavy atom. The van der Waals surface area contributed by atoms with Crippen molar-refractivity contribution >= 4 is 17.8 Å². The van der Waals surface area contributed by atoms with Crippen molar-refractivity contribution in [3.8, 4) is 0 Å². The number of amides is 2. The highest BCUT2D eigenvalue weighted by atomic mass is 16.4. The highest BCUT2D eigenvalue weighted by molar-refractivity contribution is 5.74. The van der Waals surface area contributed by atoms with Crippen LogP contribution < -0.4 is 16.0 Å². The van der Waals surface area contributed by atoms with Gasteiger partial charge in [0.1, 0.15) is 5.82 Å². The molecule has 8 heteroatoms. The average molecular weight is 349 g/mol. The number of aromatic nitrogens is 1. The molecule has 1 heterocycles. The number of pyridine rings is 1. The van der Waals surface area contributed by atoms with Gasteiger partial charge in [-0.25, -0.2) is 9.78 Å². The summed E-state index contributed by atoms with van der Waals surface area (Å²) in [6, 6.07) is 5.89. The van der Waals surface area contributed by atoms with Crippen molar-refractivity contribution in [3.05, 3.63) is 24.4 Å². The Kier molecular flexibility index (Phi) is 7.46. The summed E-state index contributed by atoms with van der Waals surface area (Å²) >= 11 is 0. The minimum atomic E-state index is -0.810. The van der Waals surface area contributed by atoms with E-state index in [-0.39, 0.29) is 24.7 Å². The summed E-state index contributed by atoms with van der Waals surface area (Å²) in [5.74, 6) is 0.0182. The molecular weight excluding hydrogens is 322 g/mol. The van der Waals surface area contributed by atoms with Crippen LogP contribution in [0.2, 0.25) is 0 Å². The minimum Gasteiger partial charge on any atom is -0.480 e. The van der Waals surface area contributed by atoms with Gasteiger partial charge in [-0.1, -0.05) is 13.0 Å². The molecule has 25 heavy (non-hydrogen) atoms. The number of hydrogen-bond acceptors (Lipinski definition) is 5. The quantitative estimate of drug-likeness (QED) is 0.472. The first-order chi connectivity index (χ1) is 12.1. The van der Waals surface area contributed by atoms with Crippen molar-refractivity contribution in [2.75, 3.05) is 31.5 Å². The molecule has 0 aliphatic heterocycles. The molecule has 0 unspecified atom stereocenters. The maximum Gasteiger partial charge on any atom is 0.317 e. The third kappa shape index (κ3) is 6.58. The predicted octanol–water partition coefficient (Wildman–Crippen LogP) is 1.12. The van der Waals surface area contributed by atoms with E-state index in [2.05, 4.69) is 20.9 Å². The fourth-order valence-electron chi connectivity index (χ4n) is 2.89. The van der Waals surface area contributed by atoms with E-state index >= 15 is 0 Å². The fraction of sp³-hybridized carbons (Fsp3) is 0.588. The van der Waals surface area contributed by atoms with E-state index in [0.717, 1.165) is 31.6 Å². The molecular formula is C17H27N5O3. The van der Waals surface area contributed by atoms with Gasteiger partial charge in [-0.2, -0.15) is 0 Å². The zero-order chi connectivity index (χ0) is 18.1. The molecule has 0 aromatic carbocycles. The number of urea groups is 1. The van der Waals surface area contributed by atoms with E-state index < -0.39 is 5.97 Å². The van der Waals surface area contributed by atoms with Gasteiger partial charge in [0.05, 0.1) is 6.54 Å². The molecule has 1 aliphatic rings. The Labute approximate surface area is 148 Å². The Balaban J connectivity index is 1.52. The summed E-state index contributed by atoms with van der Waals surface area (Å²) in [5, 5.41) is 17.8. The van der Waals surface area contributed by atoms with E-state index in [1.54, 1.807) is 6.20 Å². The normalized spacial score (nSPS) is 19.1. The fourth-order valence-corrected chi connectivity index (χ4v) is 2.89. The van der Waals surface area contributed by atoms with Crippen molar-refractivity contribution in [2.45, 2.75) is 38.3 Å². The molecule has 0 bridgehead atoms. The van der Waals surface area contributed by atoms with E-state index in [9.17, 15) is 9.59 Å². The number of likely N-dealkylation sites (N-methyl/N-ethyl adjacent to an activating group) is 1. The van der Waals surface area contributed by atoms with Crippen LogP contribution in [0.4, 0.5) is 10.6 Å². The highest BCUT2D eigenvalue weighted by Crippen LogP contribution is 2.25. The lowest BCUT2D eigenvalue weighted by molar-refractivity contribution is -0.139. The Hall–Kier alpha value is -2.35. The molecule has 1 aromatic heterocycles. The number of nitrogens with zero attached hydrogens (tertiary/aromatic N) is 2. The Morgan fingerprint density at radius 2 is 2.12 bits per heavy atom. The zero-order valence-electron chi connectivity index (χ0n) is 14.6. The molecule has 1 aliphatic carbocycles. The maximum atomic E-state index is 11.8.